The van der Waals surface area contributed by atoms with Crippen molar-refractivity contribution in [3.63, 3.8) is 0 Å². The van der Waals surface area contributed by atoms with Crippen LogP contribution in [0.15, 0.2) is 41.4 Å². The lowest BCUT2D eigenvalue weighted by molar-refractivity contribution is 0.107. The molecule has 0 aliphatic carbocycles. The monoisotopic (exact) mass is 567 g/mol. The Labute approximate surface area is 232 Å². The topological polar surface area (TPSA) is 96.8 Å². The Kier molecular flexibility index (Phi) is 6.82. The van der Waals surface area contributed by atoms with Crippen LogP contribution in [-0.2, 0) is 9.84 Å². The van der Waals surface area contributed by atoms with E-state index in [0.717, 1.165) is 38.8 Å². The van der Waals surface area contributed by atoms with Crippen LogP contribution in [0.2, 0.25) is 0 Å². The third kappa shape index (κ3) is 4.75. The van der Waals surface area contributed by atoms with E-state index < -0.39 is 21.5 Å². The number of hydrogen-bond donors (Lipinski definition) is 1. The van der Waals surface area contributed by atoms with E-state index in [4.69, 9.17) is 4.74 Å². The number of anilines is 1. The van der Waals surface area contributed by atoms with E-state index in [1.165, 1.54) is 6.07 Å². The van der Waals surface area contributed by atoms with Gasteiger partial charge in [0, 0.05) is 16.5 Å². The van der Waals surface area contributed by atoms with Crippen LogP contribution in [0.25, 0.3) is 22.3 Å². The van der Waals surface area contributed by atoms with Gasteiger partial charge in [-0.05, 0) is 63.9 Å². The van der Waals surface area contributed by atoms with Crippen LogP contribution in [0.4, 0.5) is 14.6 Å². The van der Waals surface area contributed by atoms with Gasteiger partial charge in [0.15, 0.2) is 15.7 Å². The molecule has 0 spiro atoms. The SMILES string of the molecule is C=N/C(=C(/F)c1nc(OCC23CCCN2CCC3)nc(NC2CS(=O)(=O)C2)c1C)c1cccc2cccc(F)c12. The summed E-state index contributed by atoms with van der Waals surface area (Å²) in [4.78, 5) is 15.4. The van der Waals surface area contributed by atoms with E-state index in [2.05, 4.69) is 31.9 Å². The number of rotatable bonds is 8. The van der Waals surface area contributed by atoms with Crippen molar-refractivity contribution in [3.8, 4) is 6.01 Å². The molecule has 0 saturated carbocycles. The van der Waals surface area contributed by atoms with Crippen molar-refractivity contribution >= 4 is 44.7 Å². The van der Waals surface area contributed by atoms with E-state index >= 15 is 4.39 Å². The summed E-state index contributed by atoms with van der Waals surface area (Å²) in [6.45, 7) is 7.65. The van der Waals surface area contributed by atoms with Gasteiger partial charge in [0.1, 0.15) is 29.6 Å². The molecule has 1 aromatic heterocycles. The Morgan fingerprint density at radius 1 is 1.18 bits per heavy atom. The van der Waals surface area contributed by atoms with Gasteiger partial charge in [-0.3, -0.25) is 9.89 Å². The molecule has 4 heterocycles. The highest BCUT2D eigenvalue weighted by Crippen LogP contribution is 2.40. The molecule has 3 aliphatic heterocycles. The number of fused-ring (bicyclic) bond motifs is 2. The third-order valence-electron chi connectivity index (χ3n) is 8.34. The maximum absolute atomic E-state index is 16.4. The van der Waals surface area contributed by atoms with E-state index in [0.29, 0.717) is 17.6 Å². The quantitative estimate of drug-likeness (QED) is 0.391. The molecule has 210 valence electrons. The first kappa shape index (κ1) is 26.8. The van der Waals surface area contributed by atoms with Crippen LogP contribution in [0.1, 0.15) is 42.5 Å². The molecule has 1 N–H and O–H groups in total. The van der Waals surface area contributed by atoms with Crippen molar-refractivity contribution in [1.82, 2.24) is 14.9 Å². The largest absolute Gasteiger partial charge is 0.461 e. The number of hydrogen-bond acceptors (Lipinski definition) is 8. The first-order valence-corrected chi connectivity index (χ1v) is 15.3. The van der Waals surface area contributed by atoms with Gasteiger partial charge in [0.25, 0.3) is 0 Å². The van der Waals surface area contributed by atoms with E-state index in [9.17, 15) is 12.8 Å². The van der Waals surface area contributed by atoms with Crippen LogP contribution >= 0.6 is 0 Å². The molecule has 0 atom stereocenters. The smallest absolute Gasteiger partial charge is 0.319 e. The lowest BCUT2D eigenvalue weighted by atomic mass is 9.95. The number of benzene rings is 2. The number of halogens is 2. The van der Waals surface area contributed by atoms with Crippen molar-refractivity contribution < 1.29 is 21.9 Å². The minimum absolute atomic E-state index is 0.0129. The summed E-state index contributed by atoms with van der Waals surface area (Å²) >= 11 is 0. The summed E-state index contributed by atoms with van der Waals surface area (Å²) < 4.78 is 61.0. The molecular formula is C29H31F2N5O3S. The molecule has 3 fully saturated rings. The number of ether oxygens (including phenoxy) is 1. The average Bonchev–Trinajstić information content (AvgIpc) is 3.49. The molecule has 3 saturated heterocycles. The standard InChI is InChI=1S/C29H31F2N5O3S/c1-18-25(24(31)26(32-2)21-9-3-7-19-8-4-10-22(30)23(19)21)34-28(35-27(18)33-20-15-40(37,38)16-20)39-17-29-11-5-13-36(29)14-6-12-29/h3-4,7-10,20H,2,5-6,11-17H2,1H3,(H,33,34,35)/b26-24+. The molecule has 11 heteroatoms. The maximum atomic E-state index is 16.4. The normalized spacial score (nSPS) is 20.6. The fourth-order valence-corrected chi connectivity index (χ4v) is 7.59. The summed E-state index contributed by atoms with van der Waals surface area (Å²) in [5.41, 5.74) is 0.300. The molecule has 3 aromatic rings. The highest BCUT2D eigenvalue weighted by molar-refractivity contribution is 7.92. The molecular weight excluding hydrogens is 536 g/mol. The maximum Gasteiger partial charge on any atom is 0.319 e. The van der Waals surface area contributed by atoms with E-state index in [1.54, 1.807) is 37.3 Å². The zero-order valence-corrected chi connectivity index (χ0v) is 23.1. The Bertz CT molecular complexity index is 1610. The number of aliphatic imine (C=N–C) groups is 1. The van der Waals surface area contributed by atoms with E-state index in [-0.39, 0.29) is 57.3 Å². The first-order valence-electron chi connectivity index (χ1n) is 13.5. The molecule has 6 rings (SSSR count). The van der Waals surface area contributed by atoms with Gasteiger partial charge in [-0.15, -0.1) is 0 Å². The Morgan fingerprint density at radius 3 is 2.55 bits per heavy atom. The number of nitrogens with one attached hydrogen (secondary N) is 1. The second kappa shape index (κ2) is 10.2. The molecule has 3 aliphatic rings. The van der Waals surface area contributed by atoms with Crippen molar-refractivity contribution in [1.29, 1.82) is 0 Å². The van der Waals surface area contributed by atoms with Crippen LogP contribution in [-0.4, -0.2) is 72.8 Å². The molecule has 0 bridgehead atoms. The van der Waals surface area contributed by atoms with E-state index in [1.807, 2.05) is 0 Å². The van der Waals surface area contributed by atoms with Crippen molar-refractivity contribution in [2.24, 2.45) is 4.99 Å². The lowest BCUT2D eigenvalue weighted by Crippen LogP contribution is -2.47. The van der Waals surface area contributed by atoms with Gasteiger partial charge in [0.2, 0.25) is 0 Å². The minimum Gasteiger partial charge on any atom is -0.461 e. The lowest BCUT2D eigenvalue weighted by Gasteiger charge is -2.31. The van der Waals surface area contributed by atoms with Crippen molar-refractivity contribution in [2.45, 2.75) is 44.2 Å². The average molecular weight is 568 g/mol. The Hall–Kier alpha value is -3.44. The number of aromatic nitrogens is 2. The van der Waals surface area contributed by atoms with Gasteiger partial charge in [-0.1, -0.05) is 30.3 Å². The molecule has 0 unspecified atom stereocenters. The van der Waals surface area contributed by atoms with Crippen LogP contribution in [0, 0.1) is 12.7 Å². The number of nitrogens with zero attached hydrogens (tertiary/aromatic N) is 4. The van der Waals surface area contributed by atoms with Gasteiger partial charge in [-0.2, -0.15) is 9.97 Å². The summed E-state index contributed by atoms with van der Waals surface area (Å²) in [7, 11) is -3.10. The summed E-state index contributed by atoms with van der Waals surface area (Å²) in [6, 6.07) is 9.32. The van der Waals surface area contributed by atoms with Gasteiger partial charge in [-0.25, -0.2) is 17.2 Å². The highest BCUT2D eigenvalue weighted by Gasteiger charge is 2.45. The second-order valence-corrected chi connectivity index (χ2v) is 13.1. The fraction of sp³-hybridized carbons (Fsp3) is 0.414. The summed E-state index contributed by atoms with van der Waals surface area (Å²) in [5, 5.41) is 3.95. The van der Waals surface area contributed by atoms with Gasteiger partial charge < -0.3 is 10.1 Å². The zero-order chi connectivity index (χ0) is 28.1. The molecule has 0 radical (unpaired) electrons. The predicted molar refractivity (Wildman–Crippen MR) is 152 cm³/mol. The molecule has 40 heavy (non-hydrogen) atoms. The number of sulfone groups is 1. The van der Waals surface area contributed by atoms with Crippen molar-refractivity contribution in [3.05, 3.63) is 59.0 Å². The highest BCUT2D eigenvalue weighted by atomic mass is 32.2. The summed E-state index contributed by atoms with van der Waals surface area (Å²) in [6.07, 6.45) is 4.23. The third-order valence-corrected chi connectivity index (χ3v) is 10.2. The van der Waals surface area contributed by atoms with Crippen LogP contribution in [0.3, 0.4) is 0 Å². The molecule has 2 aromatic carbocycles. The van der Waals surface area contributed by atoms with Crippen LogP contribution < -0.4 is 10.1 Å². The van der Waals surface area contributed by atoms with Gasteiger partial charge in [0.05, 0.1) is 23.1 Å². The van der Waals surface area contributed by atoms with Crippen molar-refractivity contribution in [2.75, 3.05) is 36.5 Å². The fourth-order valence-electron chi connectivity index (χ4n) is 6.29. The van der Waals surface area contributed by atoms with Crippen LogP contribution in [0.5, 0.6) is 6.01 Å². The molecule has 0 amide bonds. The second-order valence-electron chi connectivity index (χ2n) is 10.9. The zero-order valence-electron chi connectivity index (χ0n) is 22.3. The minimum atomic E-state index is -3.10. The van der Waals surface area contributed by atoms with Gasteiger partial charge >= 0.3 is 6.01 Å². The molecule has 8 nitrogen and oxygen atoms in total. The summed E-state index contributed by atoms with van der Waals surface area (Å²) in [5.74, 6) is -1.09. The first-order chi connectivity index (χ1) is 19.2. The Balaban J connectivity index is 1.42. The Morgan fingerprint density at radius 2 is 1.88 bits per heavy atom. The predicted octanol–water partition coefficient (Wildman–Crippen LogP) is 4.79.